The number of likely N-dealkylation sites (tertiary alicyclic amines) is 1. The largest absolute Gasteiger partial charge is 0.466 e. The van der Waals surface area contributed by atoms with E-state index in [1.165, 1.54) is 4.90 Å². The first kappa shape index (κ1) is 22.5. The minimum atomic E-state index is -0.287. The van der Waals surface area contributed by atoms with Gasteiger partial charge in [0.05, 0.1) is 19.1 Å². The summed E-state index contributed by atoms with van der Waals surface area (Å²) >= 11 is 0. The number of hydrogen-bond donors (Lipinski definition) is 0. The zero-order valence-corrected chi connectivity index (χ0v) is 18.3. The molecule has 1 atom stereocenters. The molecular formula is C25H30N2O4. The van der Waals surface area contributed by atoms with Gasteiger partial charge in [-0.05, 0) is 43.4 Å². The predicted molar refractivity (Wildman–Crippen MR) is 119 cm³/mol. The highest BCUT2D eigenvalue weighted by Gasteiger charge is 2.30. The van der Waals surface area contributed by atoms with Crippen LogP contribution in [0, 0.1) is 5.92 Å². The molecule has 0 radical (unpaired) electrons. The monoisotopic (exact) mass is 422 g/mol. The fourth-order valence-electron chi connectivity index (χ4n) is 3.94. The number of ether oxygens (including phenoxy) is 1. The number of rotatable bonds is 7. The van der Waals surface area contributed by atoms with Crippen molar-refractivity contribution in [2.45, 2.75) is 26.2 Å². The summed E-state index contributed by atoms with van der Waals surface area (Å²) in [5, 5.41) is 0. The number of hydrogen-bond acceptors (Lipinski definition) is 4. The van der Waals surface area contributed by atoms with Crippen LogP contribution in [0.5, 0.6) is 0 Å². The van der Waals surface area contributed by atoms with Crippen LogP contribution in [0.2, 0.25) is 0 Å². The Morgan fingerprint density at radius 2 is 1.77 bits per heavy atom. The molecule has 6 nitrogen and oxygen atoms in total. The van der Waals surface area contributed by atoms with Crippen LogP contribution >= 0.6 is 0 Å². The van der Waals surface area contributed by atoms with Crippen molar-refractivity contribution in [1.82, 2.24) is 9.80 Å². The lowest BCUT2D eigenvalue weighted by atomic mass is 9.98. The third kappa shape index (κ3) is 5.94. The van der Waals surface area contributed by atoms with Crippen molar-refractivity contribution in [3.8, 4) is 0 Å². The Balaban J connectivity index is 1.64. The molecule has 0 aromatic heterocycles. The van der Waals surface area contributed by atoms with E-state index < -0.39 is 0 Å². The van der Waals surface area contributed by atoms with Gasteiger partial charge in [0.2, 0.25) is 5.91 Å². The van der Waals surface area contributed by atoms with Crippen LogP contribution in [0.15, 0.2) is 54.6 Å². The molecule has 6 heteroatoms. The molecule has 1 aliphatic heterocycles. The van der Waals surface area contributed by atoms with Gasteiger partial charge in [0.15, 0.2) is 0 Å². The van der Waals surface area contributed by atoms with Gasteiger partial charge in [-0.15, -0.1) is 0 Å². The fourth-order valence-corrected chi connectivity index (χ4v) is 3.94. The number of amides is 2. The molecule has 1 fully saturated rings. The normalized spacial score (nSPS) is 15.9. The maximum atomic E-state index is 13.1. The highest BCUT2D eigenvalue weighted by Crippen LogP contribution is 2.19. The van der Waals surface area contributed by atoms with E-state index in [2.05, 4.69) is 0 Å². The van der Waals surface area contributed by atoms with Crippen molar-refractivity contribution in [2.75, 3.05) is 33.3 Å². The lowest BCUT2D eigenvalue weighted by Gasteiger charge is -2.32. The van der Waals surface area contributed by atoms with E-state index in [0.717, 1.165) is 24.0 Å². The van der Waals surface area contributed by atoms with Gasteiger partial charge >= 0.3 is 5.97 Å². The van der Waals surface area contributed by atoms with Crippen molar-refractivity contribution in [1.29, 1.82) is 0 Å². The van der Waals surface area contributed by atoms with Crippen molar-refractivity contribution in [3.05, 3.63) is 71.3 Å². The van der Waals surface area contributed by atoms with Crippen LogP contribution < -0.4 is 0 Å². The summed E-state index contributed by atoms with van der Waals surface area (Å²) in [5.74, 6) is -0.867. The smallest absolute Gasteiger partial charge is 0.310 e. The maximum absolute atomic E-state index is 13.1. The highest BCUT2D eigenvalue weighted by molar-refractivity contribution is 5.97. The molecule has 1 saturated heterocycles. The molecule has 1 unspecified atom stereocenters. The zero-order chi connectivity index (χ0) is 22.2. The maximum Gasteiger partial charge on any atom is 0.310 e. The first-order valence-corrected chi connectivity index (χ1v) is 10.8. The van der Waals surface area contributed by atoms with Gasteiger partial charge in [0, 0.05) is 25.7 Å². The highest BCUT2D eigenvalue weighted by atomic mass is 16.5. The van der Waals surface area contributed by atoms with E-state index in [4.69, 9.17) is 4.74 Å². The summed E-state index contributed by atoms with van der Waals surface area (Å²) in [6, 6.07) is 17.5. The second-order valence-corrected chi connectivity index (χ2v) is 7.91. The second-order valence-electron chi connectivity index (χ2n) is 7.91. The van der Waals surface area contributed by atoms with Crippen LogP contribution in [0.1, 0.15) is 41.3 Å². The Bertz CT molecular complexity index is 913. The molecule has 1 heterocycles. The van der Waals surface area contributed by atoms with Crippen LogP contribution in [0.3, 0.4) is 0 Å². The second kappa shape index (κ2) is 10.8. The minimum absolute atomic E-state index is 0.0198. The lowest BCUT2D eigenvalue weighted by Crippen LogP contribution is -2.47. The zero-order valence-electron chi connectivity index (χ0n) is 18.3. The minimum Gasteiger partial charge on any atom is -0.466 e. The molecular weight excluding hydrogens is 392 g/mol. The van der Waals surface area contributed by atoms with Crippen LogP contribution in [-0.2, 0) is 20.7 Å². The Morgan fingerprint density at radius 1 is 1.06 bits per heavy atom. The summed E-state index contributed by atoms with van der Waals surface area (Å²) in [6.07, 6.45) is 2.13. The quantitative estimate of drug-likeness (QED) is 0.643. The van der Waals surface area contributed by atoms with E-state index in [-0.39, 0.29) is 30.2 Å². The molecule has 3 rings (SSSR count). The summed E-state index contributed by atoms with van der Waals surface area (Å²) in [7, 11) is 1.65. The summed E-state index contributed by atoms with van der Waals surface area (Å²) in [5.41, 5.74) is 2.66. The Hall–Kier alpha value is -3.15. The van der Waals surface area contributed by atoms with Gasteiger partial charge in [-0.3, -0.25) is 14.4 Å². The summed E-state index contributed by atoms with van der Waals surface area (Å²) in [6.45, 7) is 3.04. The van der Waals surface area contributed by atoms with Crippen molar-refractivity contribution in [3.63, 3.8) is 0 Å². The van der Waals surface area contributed by atoms with E-state index in [9.17, 15) is 14.4 Å². The number of likely N-dealkylation sites (N-methyl/N-ethyl adjacent to an activating group) is 1. The summed E-state index contributed by atoms with van der Waals surface area (Å²) in [4.78, 5) is 41.1. The van der Waals surface area contributed by atoms with Crippen LogP contribution in [-0.4, -0.2) is 60.9 Å². The molecule has 0 bridgehead atoms. The number of esters is 1. The number of carbonyl (C=O) groups excluding carboxylic acids is 3. The Kier molecular flexibility index (Phi) is 7.82. The van der Waals surface area contributed by atoms with E-state index in [1.54, 1.807) is 24.9 Å². The number of nitrogens with zero attached hydrogens (tertiary/aromatic N) is 2. The first-order valence-electron chi connectivity index (χ1n) is 10.8. The van der Waals surface area contributed by atoms with Crippen LogP contribution in [0.4, 0.5) is 0 Å². The number of benzene rings is 2. The van der Waals surface area contributed by atoms with E-state index in [1.807, 2.05) is 48.5 Å². The van der Waals surface area contributed by atoms with Crippen molar-refractivity contribution < 1.29 is 19.1 Å². The van der Waals surface area contributed by atoms with Gasteiger partial charge in [-0.2, -0.15) is 0 Å². The van der Waals surface area contributed by atoms with Crippen molar-refractivity contribution >= 4 is 17.8 Å². The van der Waals surface area contributed by atoms with Gasteiger partial charge in [0.25, 0.3) is 5.91 Å². The molecule has 164 valence electrons. The first-order chi connectivity index (χ1) is 15.0. The predicted octanol–water partition coefficient (Wildman–Crippen LogP) is 3.15. The fraction of sp³-hybridized carbons (Fsp3) is 0.400. The molecule has 0 spiro atoms. The number of piperidine rings is 1. The average molecular weight is 423 g/mol. The number of carbonyl (C=O) groups is 3. The van der Waals surface area contributed by atoms with Gasteiger partial charge < -0.3 is 14.5 Å². The molecule has 0 saturated carbocycles. The van der Waals surface area contributed by atoms with Gasteiger partial charge in [-0.1, -0.05) is 48.5 Å². The molecule has 2 amide bonds. The molecule has 1 aliphatic rings. The summed E-state index contributed by atoms with van der Waals surface area (Å²) < 4.78 is 5.11. The van der Waals surface area contributed by atoms with Crippen LogP contribution in [0.25, 0.3) is 0 Å². The molecule has 31 heavy (non-hydrogen) atoms. The van der Waals surface area contributed by atoms with Gasteiger partial charge in [-0.25, -0.2) is 0 Å². The Labute approximate surface area is 183 Å². The standard InChI is InChI=1S/C25H30N2O4/c1-3-31-25(30)21-13-9-15-27(17-21)23(28)18-26(2)24(29)22-14-8-7-12-20(22)16-19-10-5-4-6-11-19/h4-8,10-12,14,21H,3,9,13,15-18H2,1-2H3. The van der Waals surface area contributed by atoms with Crippen molar-refractivity contribution in [2.24, 2.45) is 5.92 Å². The lowest BCUT2D eigenvalue weighted by molar-refractivity contribution is -0.151. The molecule has 2 aromatic carbocycles. The third-order valence-corrected chi connectivity index (χ3v) is 5.60. The SMILES string of the molecule is CCOC(=O)C1CCCN(C(=O)CN(C)C(=O)c2ccccc2Cc2ccccc2)C1. The average Bonchev–Trinajstić information content (AvgIpc) is 2.80. The molecule has 2 aromatic rings. The Morgan fingerprint density at radius 3 is 2.52 bits per heavy atom. The molecule has 0 aliphatic carbocycles. The molecule has 0 N–H and O–H groups in total. The van der Waals surface area contributed by atoms with E-state index >= 15 is 0 Å². The van der Waals surface area contributed by atoms with E-state index in [0.29, 0.717) is 31.7 Å². The van der Waals surface area contributed by atoms with Gasteiger partial charge in [0.1, 0.15) is 0 Å². The topological polar surface area (TPSA) is 66.9 Å². The third-order valence-electron chi connectivity index (χ3n) is 5.60.